The molecule has 0 saturated heterocycles. The van der Waals surface area contributed by atoms with E-state index in [0.29, 0.717) is 11.9 Å². The molecule has 0 fully saturated rings. The van der Waals surface area contributed by atoms with Gasteiger partial charge in [0.25, 0.3) is 5.56 Å². The molecule has 124 valence electrons. The summed E-state index contributed by atoms with van der Waals surface area (Å²) in [6, 6.07) is 16.1. The normalized spacial score (nSPS) is 11.1. The summed E-state index contributed by atoms with van der Waals surface area (Å²) in [4.78, 5) is 18.4. The van der Waals surface area contributed by atoms with Crippen LogP contribution in [0, 0.1) is 6.92 Å². The van der Waals surface area contributed by atoms with Crippen LogP contribution in [0.25, 0.3) is 21.3 Å². The van der Waals surface area contributed by atoms with Gasteiger partial charge in [0.05, 0.1) is 18.3 Å². The maximum Gasteiger partial charge on any atom is 0.263 e. The van der Waals surface area contributed by atoms with Crippen LogP contribution in [0.15, 0.2) is 69.5 Å². The van der Waals surface area contributed by atoms with Gasteiger partial charge in [-0.15, -0.1) is 11.3 Å². The van der Waals surface area contributed by atoms with E-state index in [1.807, 2.05) is 41.8 Å². The molecule has 0 bridgehead atoms. The summed E-state index contributed by atoms with van der Waals surface area (Å²) < 4.78 is 2.71. The highest BCUT2D eigenvalue weighted by Crippen LogP contribution is 2.31. The van der Waals surface area contributed by atoms with Crippen molar-refractivity contribution in [1.29, 1.82) is 0 Å². The lowest BCUT2D eigenvalue weighted by Gasteiger charge is -2.09. The van der Waals surface area contributed by atoms with E-state index in [0.717, 1.165) is 26.0 Å². The van der Waals surface area contributed by atoms with Gasteiger partial charge in [0.15, 0.2) is 0 Å². The molecule has 0 amide bonds. The van der Waals surface area contributed by atoms with Crippen molar-refractivity contribution in [1.82, 2.24) is 9.55 Å². The van der Waals surface area contributed by atoms with Gasteiger partial charge < -0.3 is 0 Å². The quantitative estimate of drug-likeness (QED) is 0.462. The minimum absolute atomic E-state index is 0.00687. The number of rotatable bonds is 3. The smallest absolute Gasteiger partial charge is 0.263 e. The van der Waals surface area contributed by atoms with Gasteiger partial charge in [0, 0.05) is 15.4 Å². The Labute approximate surface area is 157 Å². The molecule has 25 heavy (non-hydrogen) atoms. The fraction of sp³-hybridized carbons (Fsp3) is 0.100. The molecular formula is C20H15BrN2OS. The fourth-order valence-corrected chi connectivity index (χ4v) is 4.06. The molecule has 4 aromatic rings. The topological polar surface area (TPSA) is 34.9 Å². The molecule has 0 N–H and O–H groups in total. The highest BCUT2D eigenvalue weighted by atomic mass is 79.9. The average Bonchev–Trinajstić information content (AvgIpc) is 3.05. The van der Waals surface area contributed by atoms with E-state index >= 15 is 0 Å². The number of aryl methyl sites for hydroxylation is 1. The molecule has 2 aromatic carbocycles. The second-order valence-corrected chi connectivity index (χ2v) is 7.71. The second-order valence-electron chi connectivity index (χ2n) is 5.94. The SMILES string of the molecule is Cc1ccccc1Cn1cnc2scc(-c3ccc(Br)cc3)c2c1=O. The number of fused-ring (bicyclic) bond motifs is 1. The zero-order valence-corrected chi connectivity index (χ0v) is 16.0. The Balaban J connectivity index is 1.85. The minimum Gasteiger partial charge on any atom is -0.294 e. The third-order valence-electron chi connectivity index (χ3n) is 4.32. The van der Waals surface area contributed by atoms with Gasteiger partial charge in [0.1, 0.15) is 4.83 Å². The van der Waals surface area contributed by atoms with Crippen molar-refractivity contribution in [2.24, 2.45) is 0 Å². The molecular weight excluding hydrogens is 396 g/mol. The van der Waals surface area contributed by atoms with E-state index in [9.17, 15) is 4.79 Å². The highest BCUT2D eigenvalue weighted by molar-refractivity contribution is 9.10. The summed E-state index contributed by atoms with van der Waals surface area (Å²) in [6.07, 6.45) is 1.65. The number of nitrogens with zero attached hydrogens (tertiary/aromatic N) is 2. The average molecular weight is 411 g/mol. The Morgan fingerprint density at radius 3 is 2.64 bits per heavy atom. The fourth-order valence-electron chi connectivity index (χ4n) is 2.89. The lowest BCUT2D eigenvalue weighted by molar-refractivity contribution is 0.745. The monoisotopic (exact) mass is 410 g/mol. The molecule has 0 aliphatic heterocycles. The summed E-state index contributed by atoms with van der Waals surface area (Å²) in [5.41, 5.74) is 4.29. The van der Waals surface area contributed by atoms with Crippen LogP contribution in [-0.2, 0) is 6.54 Å². The first kappa shape index (κ1) is 16.2. The van der Waals surface area contributed by atoms with E-state index in [1.165, 1.54) is 16.9 Å². The van der Waals surface area contributed by atoms with Gasteiger partial charge in [0.2, 0.25) is 0 Å². The van der Waals surface area contributed by atoms with Crippen molar-refractivity contribution < 1.29 is 0 Å². The number of aromatic nitrogens is 2. The first-order chi connectivity index (χ1) is 12.1. The Morgan fingerprint density at radius 1 is 1.12 bits per heavy atom. The molecule has 0 aliphatic carbocycles. The maximum atomic E-state index is 13.1. The number of hydrogen-bond donors (Lipinski definition) is 0. The largest absolute Gasteiger partial charge is 0.294 e. The van der Waals surface area contributed by atoms with Gasteiger partial charge in [-0.2, -0.15) is 0 Å². The minimum atomic E-state index is 0.00687. The molecule has 0 saturated carbocycles. The third kappa shape index (κ3) is 3.05. The Kier molecular flexibility index (Phi) is 4.27. The molecule has 2 aromatic heterocycles. The van der Waals surface area contributed by atoms with E-state index < -0.39 is 0 Å². The lowest BCUT2D eigenvalue weighted by Crippen LogP contribution is -2.21. The van der Waals surface area contributed by atoms with Crippen LogP contribution in [0.2, 0.25) is 0 Å². The number of thiophene rings is 1. The van der Waals surface area contributed by atoms with E-state index in [4.69, 9.17) is 0 Å². The molecule has 3 nitrogen and oxygen atoms in total. The van der Waals surface area contributed by atoms with Gasteiger partial charge in [-0.1, -0.05) is 52.3 Å². The first-order valence-electron chi connectivity index (χ1n) is 7.90. The number of benzene rings is 2. The van der Waals surface area contributed by atoms with Crippen molar-refractivity contribution in [3.05, 3.63) is 86.2 Å². The standard InChI is InChI=1S/C20H15BrN2OS/c1-13-4-2-3-5-15(13)10-23-12-22-19-18(20(23)24)17(11-25-19)14-6-8-16(21)9-7-14/h2-9,11-12H,10H2,1H3. The van der Waals surface area contributed by atoms with Gasteiger partial charge in [-0.3, -0.25) is 9.36 Å². The first-order valence-corrected chi connectivity index (χ1v) is 9.58. The van der Waals surface area contributed by atoms with E-state index in [2.05, 4.69) is 40.0 Å². The predicted molar refractivity (Wildman–Crippen MR) is 107 cm³/mol. The third-order valence-corrected chi connectivity index (χ3v) is 5.73. The van der Waals surface area contributed by atoms with Crippen molar-refractivity contribution in [3.63, 3.8) is 0 Å². The highest BCUT2D eigenvalue weighted by Gasteiger charge is 2.13. The van der Waals surface area contributed by atoms with Crippen LogP contribution in [0.5, 0.6) is 0 Å². The number of hydrogen-bond acceptors (Lipinski definition) is 3. The van der Waals surface area contributed by atoms with Gasteiger partial charge in [-0.25, -0.2) is 4.98 Å². The van der Waals surface area contributed by atoms with E-state index in [-0.39, 0.29) is 5.56 Å². The van der Waals surface area contributed by atoms with Crippen molar-refractivity contribution in [2.75, 3.05) is 0 Å². The van der Waals surface area contributed by atoms with E-state index in [1.54, 1.807) is 10.9 Å². The Morgan fingerprint density at radius 2 is 1.88 bits per heavy atom. The van der Waals surface area contributed by atoms with Crippen molar-refractivity contribution >= 4 is 37.5 Å². The summed E-state index contributed by atoms with van der Waals surface area (Å²) in [5.74, 6) is 0. The second kappa shape index (κ2) is 6.58. The van der Waals surface area contributed by atoms with Crippen LogP contribution in [0.1, 0.15) is 11.1 Å². The summed E-state index contributed by atoms with van der Waals surface area (Å²) in [5, 5.41) is 2.71. The molecule has 2 heterocycles. The molecule has 0 spiro atoms. The van der Waals surface area contributed by atoms with Crippen molar-refractivity contribution in [3.8, 4) is 11.1 Å². The predicted octanol–water partition coefficient (Wildman–Crippen LogP) is 5.24. The Hall–Kier alpha value is -2.24. The summed E-state index contributed by atoms with van der Waals surface area (Å²) in [6.45, 7) is 2.59. The van der Waals surface area contributed by atoms with Crippen LogP contribution in [0.4, 0.5) is 0 Å². The summed E-state index contributed by atoms with van der Waals surface area (Å²) >= 11 is 4.96. The number of halogens is 1. The zero-order chi connectivity index (χ0) is 17.4. The molecule has 0 atom stereocenters. The van der Waals surface area contributed by atoms with Crippen LogP contribution >= 0.6 is 27.3 Å². The molecule has 0 radical (unpaired) electrons. The summed E-state index contributed by atoms with van der Waals surface area (Å²) in [7, 11) is 0. The Bertz CT molecular complexity index is 1110. The van der Waals surface area contributed by atoms with Gasteiger partial charge in [-0.05, 0) is 35.7 Å². The maximum absolute atomic E-state index is 13.1. The van der Waals surface area contributed by atoms with Crippen molar-refractivity contribution in [2.45, 2.75) is 13.5 Å². The van der Waals surface area contributed by atoms with Gasteiger partial charge >= 0.3 is 0 Å². The van der Waals surface area contributed by atoms with Crippen LogP contribution < -0.4 is 5.56 Å². The van der Waals surface area contributed by atoms with Crippen LogP contribution in [-0.4, -0.2) is 9.55 Å². The molecule has 5 heteroatoms. The van der Waals surface area contributed by atoms with Crippen LogP contribution in [0.3, 0.4) is 0 Å². The molecule has 0 aliphatic rings. The lowest BCUT2D eigenvalue weighted by atomic mass is 10.1. The zero-order valence-electron chi connectivity index (χ0n) is 13.6. The molecule has 4 rings (SSSR count). The molecule has 0 unspecified atom stereocenters.